The van der Waals surface area contributed by atoms with Crippen LogP contribution in [0.15, 0.2) is 53.4 Å². The fourth-order valence-corrected chi connectivity index (χ4v) is 6.39. The lowest BCUT2D eigenvalue weighted by Gasteiger charge is -2.42. The van der Waals surface area contributed by atoms with E-state index >= 15 is 0 Å². The molecule has 0 aliphatic carbocycles. The van der Waals surface area contributed by atoms with Crippen molar-refractivity contribution >= 4 is 26.0 Å². The maximum atomic E-state index is 12.8. The first-order chi connectivity index (χ1) is 16.9. The Morgan fingerprint density at radius 2 is 1.78 bits per heavy atom. The van der Waals surface area contributed by atoms with E-state index < -0.39 is 26.5 Å². The minimum absolute atomic E-state index is 0.136. The molecule has 36 heavy (non-hydrogen) atoms. The van der Waals surface area contributed by atoms with Gasteiger partial charge in [-0.25, -0.2) is 13.1 Å². The fourth-order valence-electron chi connectivity index (χ4n) is 4.60. The number of benzene rings is 2. The first-order valence-corrected chi connectivity index (χ1v) is 14.7. The minimum Gasteiger partial charge on any atom is -0.496 e. The Bertz CT molecular complexity index is 1220. The van der Waals surface area contributed by atoms with Crippen LogP contribution < -0.4 is 19.1 Å². The van der Waals surface area contributed by atoms with Crippen molar-refractivity contribution in [3.8, 4) is 5.75 Å². The molecule has 1 aliphatic heterocycles. The Balaban J connectivity index is 1.73. The van der Waals surface area contributed by atoms with E-state index in [0.29, 0.717) is 25.3 Å². The molecule has 3 N–H and O–H groups in total. The third-order valence-electron chi connectivity index (χ3n) is 6.37. The first-order valence-electron chi connectivity index (χ1n) is 11.8. The number of hydrogen-bond donors (Lipinski definition) is 3. The average molecular weight is 541 g/mol. The fraction of sp³-hybridized carbons (Fsp3) is 0.500. The summed E-state index contributed by atoms with van der Waals surface area (Å²) in [6, 6.07) is 14.0. The molecule has 2 aromatic carbocycles. The smallest absolute Gasteiger partial charge is 0.334 e. The minimum atomic E-state index is -4.48. The van der Waals surface area contributed by atoms with Gasteiger partial charge in [-0.3, -0.25) is 9.45 Å². The summed E-state index contributed by atoms with van der Waals surface area (Å²) in [5.74, 6) is 0.256. The van der Waals surface area contributed by atoms with Crippen molar-refractivity contribution in [3.05, 3.63) is 54.1 Å². The zero-order valence-electron chi connectivity index (χ0n) is 21.1. The van der Waals surface area contributed by atoms with Gasteiger partial charge in [-0.05, 0) is 55.6 Å². The number of likely N-dealkylation sites (tertiary alicyclic amines) is 1. The Labute approximate surface area is 214 Å². The topological polar surface area (TPSA) is 128 Å². The molecule has 2 aromatic rings. The second kappa shape index (κ2) is 11.9. The summed E-state index contributed by atoms with van der Waals surface area (Å²) in [6.45, 7) is 3.09. The van der Waals surface area contributed by atoms with Crippen LogP contribution >= 0.6 is 0 Å². The van der Waals surface area contributed by atoms with E-state index in [-0.39, 0.29) is 23.3 Å². The van der Waals surface area contributed by atoms with Crippen molar-refractivity contribution in [1.29, 1.82) is 0 Å². The highest BCUT2D eigenvalue weighted by molar-refractivity contribution is 7.89. The lowest BCUT2D eigenvalue weighted by atomic mass is 9.86. The summed E-state index contributed by atoms with van der Waals surface area (Å²) >= 11 is 0. The molecule has 10 nitrogen and oxygen atoms in total. The van der Waals surface area contributed by atoms with Gasteiger partial charge in [0.25, 0.3) is 0 Å². The maximum Gasteiger partial charge on any atom is 0.334 e. The van der Waals surface area contributed by atoms with E-state index in [0.717, 1.165) is 17.7 Å². The molecule has 0 spiro atoms. The molecular formula is C24H36N4O6S2. The lowest BCUT2D eigenvalue weighted by Crippen LogP contribution is -2.55. The molecule has 12 heteroatoms. The van der Waals surface area contributed by atoms with E-state index in [2.05, 4.69) is 9.44 Å². The Morgan fingerprint density at radius 1 is 1.11 bits per heavy atom. The Morgan fingerprint density at radius 3 is 2.39 bits per heavy atom. The summed E-state index contributed by atoms with van der Waals surface area (Å²) in [5, 5.41) is 0. The van der Waals surface area contributed by atoms with Crippen LogP contribution in [-0.2, 0) is 20.3 Å². The average Bonchev–Trinajstić information content (AvgIpc) is 2.83. The molecule has 200 valence electrons. The van der Waals surface area contributed by atoms with Crippen molar-refractivity contribution in [2.24, 2.45) is 5.92 Å². The highest BCUT2D eigenvalue weighted by Gasteiger charge is 2.36. The van der Waals surface area contributed by atoms with Crippen LogP contribution in [0.25, 0.3) is 0 Å². The molecule has 0 radical (unpaired) electrons. The van der Waals surface area contributed by atoms with Gasteiger partial charge in [0.2, 0.25) is 10.0 Å². The lowest BCUT2D eigenvalue weighted by molar-refractivity contribution is 0.0986. The molecule has 1 unspecified atom stereocenters. The number of piperidine rings is 1. The maximum absolute atomic E-state index is 12.8. The molecule has 1 heterocycles. The van der Waals surface area contributed by atoms with Crippen LogP contribution in [0.5, 0.6) is 5.75 Å². The number of ether oxygens (including phenoxy) is 1. The normalized spacial score (nSPS) is 20.1. The van der Waals surface area contributed by atoms with Gasteiger partial charge in [-0.15, -0.1) is 0 Å². The van der Waals surface area contributed by atoms with Crippen molar-refractivity contribution in [2.75, 3.05) is 45.7 Å². The van der Waals surface area contributed by atoms with Gasteiger partial charge in [0.1, 0.15) is 5.75 Å². The zero-order chi connectivity index (χ0) is 26.5. The van der Waals surface area contributed by atoms with Crippen molar-refractivity contribution < 1.29 is 26.1 Å². The predicted molar refractivity (Wildman–Crippen MR) is 140 cm³/mol. The number of methoxy groups -OCH3 is 1. The van der Waals surface area contributed by atoms with Crippen LogP contribution in [0.3, 0.4) is 0 Å². The second-order valence-corrected chi connectivity index (χ2v) is 12.3. The summed E-state index contributed by atoms with van der Waals surface area (Å²) in [7, 11) is -2.85. The number of hydrogen-bond acceptors (Lipinski definition) is 7. The SMILES string of the molecule is COc1ccccc1[C@@H]1CCCN(C[C@H](C)CNS(=O)(=O)c2ccc(N(C)C)cc2)C1NS(=O)(=O)O. The van der Waals surface area contributed by atoms with E-state index in [1.165, 1.54) is 0 Å². The number of anilines is 1. The molecule has 0 bridgehead atoms. The van der Waals surface area contributed by atoms with E-state index in [1.807, 2.05) is 55.1 Å². The van der Waals surface area contributed by atoms with Gasteiger partial charge in [-0.1, -0.05) is 25.1 Å². The van der Waals surface area contributed by atoms with Crippen molar-refractivity contribution in [3.63, 3.8) is 0 Å². The molecule has 3 rings (SSSR count). The number of nitrogens with zero attached hydrogens (tertiary/aromatic N) is 2. The van der Waals surface area contributed by atoms with E-state index in [1.54, 1.807) is 31.4 Å². The standard InChI is InChI=1S/C24H36N4O6S2/c1-18(16-25-35(29,30)20-13-11-19(12-14-20)27(2)3)17-28-15-7-9-22(24(28)26-36(31,32)33)21-8-5-6-10-23(21)34-4/h5-6,8,10-14,18,22,24-26H,7,9,15-17H2,1-4H3,(H,31,32,33)/t18-,22+,24?/m1/s1. The largest absolute Gasteiger partial charge is 0.496 e. The monoisotopic (exact) mass is 540 g/mol. The Hall–Kier alpha value is -2.22. The molecule has 1 saturated heterocycles. The third-order valence-corrected chi connectivity index (χ3v) is 8.35. The van der Waals surface area contributed by atoms with Gasteiger partial charge in [0.05, 0.1) is 18.2 Å². The van der Waals surface area contributed by atoms with Crippen LogP contribution in [-0.4, -0.2) is 73.3 Å². The van der Waals surface area contributed by atoms with Gasteiger partial charge in [-0.2, -0.15) is 13.1 Å². The molecule has 1 fully saturated rings. The molecular weight excluding hydrogens is 504 g/mol. The zero-order valence-corrected chi connectivity index (χ0v) is 22.7. The van der Waals surface area contributed by atoms with Crippen LogP contribution in [0.2, 0.25) is 0 Å². The second-order valence-electron chi connectivity index (χ2n) is 9.37. The third kappa shape index (κ3) is 7.40. The number of nitrogens with one attached hydrogen (secondary N) is 2. The predicted octanol–water partition coefficient (Wildman–Crippen LogP) is 2.27. The van der Waals surface area contributed by atoms with Gasteiger partial charge in [0, 0.05) is 44.4 Å². The highest BCUT2D eigenvalue weighted by Crippen LogP contribution is 2.37. The molecule has 0 amide bonds. The number of sulfonamides is 1. The summed E-state index contributed by atoms with van der Waals surface area (Å²) < 4.78 is 69.4. The highest BCUT2D eigenvalue weighted by atomic mass is 32.2. The summed E-state index contributed by atoms with van der Waals surface area (Å²) in [6.07, 6.45) is 0.805. The molecule has 0 saturated carbocycles. The Kier molecular flexibility index (Phi) is 9.36. The van der Waals surface area contributed by atoms with Crippen molar-refractivity contribution in [2.45, 2.75) is 36.7 Å². The quantitative estimate of drug-likeness (QED) is 0.371. The molecule has 0 aromatic heterocycles. The summed E-state index contributed by atoms with van der Waals surface area (Å²) in [5.41, 5.74) is 1.75. The number of rotatable bonds is 11. The van der Waals surface area contributed by atoms with Crippen LogP contribution in [0.4, 0.5) is 5.69 Å². The van der Waals surface area contributed by atoms with Crippen LogP contribution in [0.1, 0.15) is 31.2 Å². The van der Waals surface area contributed by atoms with Gasteiger partial charge >= 0.3 is 10.3 Å². The van der Waals surface area contributed by atoms with Crippen LogP contribution in [0, 0.1) is 5.92 Å². The first kappa shape index (κ1) is 28.4. The molecule has 3 atom stereocenters. The van der Waals surface area contributed by atoms with E-state index in [9.17, 15) is 21.4 Å². The molecule has 1 aliphatic rings. The van der Waals surface area contributed by atoms with Gasteiger partial charge in [0.15, 0.2) is 0 Å². The van der Waals surface area contributed by atoms with Crippen molar-refractivity contribution in [1.82, 2.24) is 14.3 Å². The van der Waals surface area contributed by atoms with Gasteiger partial charge < -0.3 is 9.64 Å². The number of para-hydroxylation sites is 1. The summed E-state index contributed by atoms with van der Waals surface area (Å²) in [4.78, 5) is 4.01. The van der Waals surface area contributed by atoms with E-state index in [4.69, 9.17) is 4.74 Å².